The van der Waals surface area contributed by atoms with Gasteiger partial charge in [0, 0.05) is 5.56 Å². The Morgan fingerprint density at radius 1 is 1.31 bits per heavy atom. The van der Waals surface area contributed by atoms with Gasteiger partial charge in [-0.15, -0.1) is 0 Å². The number of hydrogen-bond donors (Lipinski definition) is 2. The van der Waals surface area contributed by atoms with E-state index in [1.54, 1.807) is 30.3 Å². The number of alkyl halides is 1. The van der Waals surface area contributed by atoms with Crippen LogP contribution in [0, 0.1) is 0 Å². The minimum absolute atomic E-state index is 0.381. The van der Waals surface area contributed by atoms with Crippen LogP contribution in [0.15, 0.2) is 30.3 Å². The molecule has 0 aliphatic heterocycles. The van der Waals surface area contributed by atoms with Crippen LogP contribution < -0.4 is 5.32 Å². The maximum absolute atomic E-state index is 12.4. The summed E-state index contributed by atoms with van der Waals surface area (Å²) in [5.74, 6) is -1.61. The van der Waals surface area contributed by atoms with Gasteiger partial charge in [0.1, 0.15) is 6.67 Å². The number of benzene rings is 1. The van der Waals surface area contributed by atoms with E-state index in [9.17, 15) is 14.0 Å². The molecule has 1 rings (SSSR count). The first-order chi connectivity index (χ1) is 7.63. The molecule has 1 unspecified atom stereocenters. The summed E-state index contributed by atoms with van der Waals surface area (Å²) >= 11 is 0. The fraction of sp³-hybridized carbons (Fsp3) is 0.273. The third kappa shape index (κ3) is 3.68. The van der Waals surface area contributed by atoms with Crippen molar-refractivity contribution in [2.45, 2.75) is 12.5 Å². The van der Waals surface area contributed by atoms with Gasteiger partial charge >= 0.3 is 5.97 Å². The summed E-state index contributed by atoms with van der Waals surface area (Å²) in [6.07, 6.45) is -0.422. The van der Waals surface area contributed by atoms with Gasteiger partial charge in [0.25, 0.3) is 5.91 Å². The second-order valence-electron chi connectivity index (χ2n) is 3.29. The number of carboxylic acids is 1. The van der Waals surface area contributed by atoms with Crippen molar-refractivity contribution in [1.29, 1.82) is 0 Å². The Kier molecular flexibility index (Phi) is 4.44. The highest BCUT2D eigenvalue weighted by Gasteiger charge is 2.16. The van der Waals surface area contributed by atoms with Gasteiger partial charge < -0.3 is 10.4 Å². The average molecular weight is 225 g/mol. The molecule has 16 heavy (non-hydrogen) atoms. The predicted octanol–water partition coefficient (Wildman–Crippen LogP) is 1.23. The van der Waals surface area contributed by atoms with E-state index in [1.807, 2.05) is 0 Å². The highest BCUT2D eigenvalue weighted by Crippen LogP contribution is 2.01. The Hall–Kier alpha value is -1.91. The molecule has 0 fully saturated rings. The Morgan fingerprint density at radius 2 is 1.94 bits per heavy atom. The maximum Gasteiger partial charge on any atom is 0.305 e. The van der Waals surface area contributed by atoms with Crippen molar-refractivity contribution in [2.75, 3.05) is 6.67 Å². The molecule has 5 heteroatoms. The van der Waals surface area contributed by atoms with Gasteiger partial charge in [-0.1, -0.05) is 18.2 Å². The molecule has 0 aromatic heterocycles. The lowest BCUT2D eigenvalue weighted by molar-refractivity contribution is -0.137. The molecule has 0 aliphatic rings. The van der Waals surface area contributed by atoms with Crippen LogP contribution >= 0.6 is 0 Å². The number of amides is 1. The number of carbonyl (C=O) groups excluding carboxylic acids is 1. The summed E-state index contributed by atoms with van der Waals surface area (Å²) in [5, 5.41) is 10.8. The van der Waals surface area contributed by atoms with Gasteiger partial charge in [-0.05, 0) is 12.1 Å². The summed E-state index contributed by atoms with van der Waals surface area (Å²) in [6, 6.07) is 7.27. The van der Waals surface area contributed by atoms with E-state index in [0.29, 0.717) is 5.56 Å². The normalized spacial score (nSPS) is 11.8. The van der Waals surface area contributed by atoms with Crippen molar-refractivity contribution < 1.29 is 19.1 Å². The summed E-state index contributed by atoms with van der Waals surface area (Å²) in [6.45, 7) is -0.898. The van der Waals surface area contributed by atoms with E-state index >= 15 is 0 Å². The second kappa shape index (κ2) is 5.85. The molecule has 0 saturated heterocycles. The third-order valence-corrected chi connectivity index (χ3v) is 1.98. The van der Waals surface area contributed by atoms with Crippen LogP contribution in [0.3, 0.4) is 0 Å². The molecule has 0 bridgehead atoms. The van der Waals surface area contributed by atoms with Crippen molar-refractivity contribution in [2.24, 2.45) is 0 Å². The van der Waals surface area contributed by atoms with Crippen LogP contribution in [0.4, 0.5) is 4.39 Å². The van der Waals surface area contributed by atoms with Crippen molar-refractivity contribution >= 4 is 11.9 Å². The first-order valence-electron chi connectivity index (χ1n) is 4.77. The van der Waals surface area contributed by atoms with Gasteiger partial charge in [0.2, 0.25) is 0 Å². The summed E-state index contributed by atoms with van der Waals surface area (Å²) in [7, 11) is 0. The van der Waals surface area contributed by atoms with Gasteiger partial charge in [-0.3, -0.25) is 9.59 Å². The average Bonchev–Trinajstić information content (AvgIpc) is 2.28. The molecule has 2 N–H and O–H groups in total. The Bertz CT molecular complexity index is 367. The molecule has 0 spiro atoms. The molecule has 86 valence electrons. The standard InChI is InChI=1S/C11H12FNO3/c12-7-9(6-10(14)15)13-11(16)8-4-2-1-3-5-8/h1-5,9H,6-7H2,(H,13,16)(H,14,15). The van der Waals surface area contributed by atoms with Gasteiger partial charge in [0.05, 0.1) is 12.5 Å². The topological polar surface area (TPSA) is 66.4 Å². The largest absolute Gasteiger partial charge is 0.481 e. The number of nitrogens with one attached hydrogen (secondary N) is 1. The highest BCUT2D eigenvalue weighted by atomic mass is 19.1. The maximum atomic E-state index is 12.4. The summed E-state index contributed by atoms with van der Waals surface area (Å²) < 4.78 is 12.4. The van der Waals surface area contributed by atoms with E-state index in [-0.39, 0.29) is 0 Å². The zero-order valence-corrected chi connectivity index (χ0v) is 8.52. The first kappa shape index (κ1) is 12.2. The van der Waals surface area contributed by atoms with Crippen molar-refractivity contribution in [3.63, 3.8) is 0 Å². The van der Waals surface area contributed by atoms with Crippen LogP contribution in [-0.2, 0) is 4.79 Å². The zero-order valence-electron chi connectivity index (χ0n) is 8.52. The smallest absolute Gasteiger partial charge is 0.305 e. The minimum atomic E-state index is -1.14. The number of rotatable bonds is 5. The van der Waals surface area contributed by atoms with E-state index in [2.05, 4.69) is 5.32 Å². The quantitative estimate of drug-likeness (QED) is 0.792. The zero-order chi connectivity index (χ0) is 12.0. The van der Waals surface area contributed by atoms with Crippen LogP contribution in [-0.4, -0.2) is 29.7 Å². The Balaban J connectivity index is 2.59. The van der Waals surface area contributed by atoms with Crippen molar-refractivity contribution in [3.8, 4) is 0 Å². The van der Waals surface area contributed by atoms with Crippen molar-refractivity contribution in [1.82, 2.24) is 5.32 Å². The summed E-state index contributed by atoms with van der Waals surface area (Å²) in [5.41, 5.74) is 0.381. The number of aliphatic carboxylic acids is 1. The number of carbonyl (C=O) groups is 2. The lowest BCUT2D eigenvalue weighted by Gasteiger charge is -2.12. The van der Waals surface area contributed by atoms with E-state index < -0.39 is 31.0 Å². The molecule has 0 heterocycles. The molecule has 0 aliphatic carbocycles. The molecule has 1 amide bonds. The molecular weight excluding hydrogens is 213 g/mol. The second-order valence-corrected chi connectivity index (χ2v) is 3.29. The molecule has 0 saturated carbocycles. The number of halogens is 1. The van der Waals surface area contributed by atoms with Crippen molar-refractivity contribution in [3.05, 3.63) is 35.9 Å². The van der Waals surface area contributed by atoms with E-state index in [0.717, 1.165) is 0 Å². The molecule has 0 radical (unpaired) electrons. The predicted molar refractivity (Wildman–Crippen MR) is 55.9 cm³/mol. The lowest BCUT2D eigenvalue weighted by atomic mass is 10.1. The highest BCUT2D eigenvalue weighted by molar-refractivity contribution is 5.94. The molecule has 1 aromatic carbocycles. The van der Waals surface area contributed by atoms with E-state index in [1.165, 1.54) is 0 Å². The molecule has 1 atom stereocenters. The third-order valence-electron chi connectivity index (χ3n) is 1.98. The SMILES string of the molecule is O=C(O)CC(CF)NC(=O)c1ccccc1. The molecule has 1 aromatic rings. The number of hydrogen-bond acceptors (Lipinski definition) is 2. The minimum Gasteiger partial charge on any atom is -0.481 e. The van der Waals surface area contributed by atoms with Gasteiger partial charge in [-0.2, -0.15) is 0 Å². The molecule has 4 nitrogen and oxygen atoms in total. The van der Waals surface area contributed by atoms with Gasteiger partial charge in [0.15, 0.2) is 0 Å². The van der Waals surface area contributed by atoms with E-state index in [4.69, 9.17) is 5.11 Å². The lowest BCUT2D eigenvalue weighted by Crippen LogP contribution is -2.38. The monoisotopic (exact) mass is 225 g/mol. The fourth-order valence-electron chi connectivity index (χ4n) is 1.21. The van der Waals surface area contributed by atoms with Gasteiger partial charge in [-0.25, -0.2) is 4.39 Å². The fourth-order valence-corrected chi connectivity index (χ4v) is 1.21. The Morgan fingerprint density at radius 3 is 2.44 bits per heavy atom. The van der Waals surface area contributed by atoms with Crippen LogP contribution in [0.5, 0.6) is 0 Å². The summed E-state index contributed by atoms with van der Waals surface area (Å²) in [4.78, 5) is 21.9. The van der Waals surface area contributed by atoms with Crippen LogP contribution in [0.1, 0.15) is 16.8 Å². The van der Waals surface area contributed by atoms with Crippen LogP contribution in [0.25, 0.3) is 0 Å². The molecular formula is C11H12FNO3. The first-order valence-corrected chi connectivity index (χ1v) is 4.77. The number of carboxylic acid groups (broad SMARTS) is 1. The Labute approximate surface area is 92.1 Å². The van der Waals surface area contributed by atoms with Crippen LogP contribution in [0.2, 0.25) is 0 Å².